The first-order valence-corrected chi connectivity index (χ1v) is 10.6. The summed E-state index contributed by atoms with van der Waals surface area (Å²) >= 11 is 0. The Kier molecular flexibility index (Phi) is 3.61. The van der Waals surface area contributed by atoms with Crippen LogP contribution in [0.25, 0.3) is 5.57 Å². The van der Waals surface area contributed by atoms with Crippen LogP contribution in [0.5, 0.6) is 5.88 Å². The third kappa shape index (κ3) is 2.78. The van der Waals surface area contributed by atoms with Crippen LogP contribution in [0.3, 0.4) is 0 Å². The van der Waals surface area contributed by atoms with Gasteiger partial charge in [0.15, 0.2) is 0 Å². The number of hydrogen-bond acceptors (Lipinski definition) is 5. The Balaban J connectivity index is 1.17. The number of aromatic nitrogens is 1. The first-order valence-electron chi connectivity index (χ1n) is 10.6. The van der Waals surface area contributed by atoms with E-state index in [2.05, 4.69) is 22.9 Å². The minimum atomic E-state index is -0.0134. The van der Waals surface area contributed by atoms with Gasteiger partial charge in [0, 0.05) is 49.7 Å². The van der Waals surface area contributed by atoms with Crippen LogP contribution in [0, 0.1) is 5.92 Å². The molecule has 1 unspecified atom stereocenters. The molecule has 4 fully saturated rings. The van der Waals surface area contributed by atoms with Crippen molar-refractivity contribution in [3.8, 4) is 5.88 Å². The van der Waals surface area contributed by atoms with Gasteiger partial charge in [-0.1, -0.05) is 0 Å². The fourth-order valence-electron chi connectivity index (χ4n) is 5.68. The van der Waals surface area contributed by atoms with Crippen molar-refractivity contribution in [2.45, 2.75) is 56.3 Å². The van der Waals surface area contributed by atoms with E-state index in [4.69, 9.17) is 14.5 Å². The molecule has 5 heteroatoms. The van der Waals surface area contributed by atoms with E-state index in [1.54, 1.807) is 0 Å². The third-order valence-electron chi connectivity index (χ3n) is 7.42. The second-order valence-electron chi connectivity index (χ2n) is 9.36. The molecule has 0 amide bonds. The van der Waals surface area contributed by atoms with Crippen molar-refractivity contribution >= 4 is 5.57 Å². The molecule has 1 aromatic rings. The van der Waals surface area contributed by atoms with Gasteiger partial charge < -0.3 is 9.47 Å². The Morgan fingerprint density at radius 3 is 2.85 bits per heavy atom. The summed E-state index contributed by atoms with van der Waals surface area (Å²) in [4.78, 5) is 9.74. The summed E-state index contributed by atoms with van der Waals surface area (Å²) in [6.07, 6.45) is 11.5. The highest BCUT2D eigenvalue weighted by atomic mass is 16.5. The number of fused-ring (bicyclic) bond motifs is 3. The van der Waals surface area contributed by atoms with E-state index < -0.39 is 0 Å². The highest BCUT2D eigenvalue weighted by Gasteiger charge is 2.52. The summed E-state index contributed by atoms with van der Waals surface area (Å²) in [6, 6.07) is 3.10. The molecule has 6 aliphatic rings. The smallest absolute Gasteiger partial charge is 0.217 e. The molecule has 2 bridgehead atoms. The van der Waals surface area contributed by atoms with E-state index >= 15 is 0 Å². The van der Waals surface area contributed by atoms with Crippen molar-refractivity contribution in [3.05, 3.63) is 29.7 Å². The van der Waals surface area contributed by atoms with Crippen LogP contribution in [-0.2, 0) is 11.2 Å². The molecule has 0 aromatic carbocycles. The monoisotopic (exact) mass is 367 g/mol. The third-order valence-corrected chi connectivity index (χ3v) is 7.42. The average molecular weight is 367 g/mol. The zero-order valence-corrected chi connectivity index (χ0v) is 16.2. The Hall–Kier alpha value is -1.59. The maximum Gasteiger partial charge on any atom is 0.217 e. The van der Waals surface area contributed by atoms with Gasteiger partial charge in [-0.2, -0.15) is 0 Å². The number of ether oxygens (including phenoxy) is 2. The number of likely N-dealkylation sites (N-methyl/N-ethyl adjacent to an activating group) is 1. The van der Waals surface area contributed by atoms with Crippen LogP contribution < -0.4 is 4.74 Å². The standard InChI is InChI=1S/C22H29N3O2/c1-24(19-2-3-19)12-20-9-17(13-26-20)16-8-15-10-22(27-21(15)23-11-16)14-25-6-4-18(22)5-7-25/h8,11,13,18-20H,2-7,9-10,12,14H2,1H3/t20?,22-/m0/s1. The highest BCUT2D eigenvalue weighted by Crippen LogP contribution is 2.46. The minimum absolute atomic E-state index is 0.0134. The second kappa shape index (κ2) is 5.95. The molecule has 1 saturated carbocycles. The molecular formula is C22H29N3O2. The Morgan fingerprint density at radius 1 is 1.26 bits per heavy atom. The molecule has 6 heterocycles. The van der Waals surface area contributed by atoms with Gasteiger partial charge in [-0.25, -0.2) is 4.98 Å². The molecule has 3 saturated heterocycles. The van der Waals surface area contributed by atoms with E-state index in [0.717, 1.165) is 37.9 Å². The number of piperidine rings is 3. The minimum Gasteiger partial charge on any atom is -0.496 e. The van der Waals surface area contributed by atoms with Gasteiger partial charge in [0.2, 0.25) is 5.88 Å². The van der Waals surface area contributed by atoms with E-state index in [-0.39, 0.29) is 11.7 Å². The van der Waals surface area contributed by atoms with Crippen molar-refractivity contribution in [1.82, 2.24) is 14.8 Å². The van der Waals surface area contributed by atoms with Crippen LogP contribution in [0.4, 0.5) is 0 Å². The highest BCUT2D eigenvalue weighted by molar-refractivity contribution is 5.67. The molecule has 5 aliphatic heterocycles. The lowest BCUT2D eigenvalue weighted by Crippen LogP contribution is -2.61. The van der Waals surface area contributed by atoms with Gasteiger partial charge in [-0.15, -0.1) is 0 Å². The van der Waals surface area contributed by atoms with Crippen LogP contribution in [0.1, 0.15) is 43.2 Å². The van der Waals surface area contributed by atoms with Crippen LogP contribution in [0.2, 0.25) is 0 Å². The molecule has 1 aromatic heterocycles. The van der Waals surface area contributed by atoms with Gasteiger partial charge in [0.1, 0.15) is 11.7 Å². The summed E-state index contributed by atoms with van der Waals surface area (Å²) in [5.41, 5.74) is 3.78. The SMILES string of the molecule is CN(CC1CC(c2cnc3c(c2)C[C@@]2(CN4CCC2CC4)O3)=CO1)C1CC1. The molecule has 27 heavy (non-hydrogen) atoms. The summed E-state index contributed by atoms with van der Waals surface area (Å²) in [5.74, 6) is 1.56. The number of pyridine rings is 1. The molecular weight excluding hydrogens is 338 g/mol. The maximum atomic E-state index is 6.48. The van der Waals surface area contributed by atoms with Crippen LogP contribution in [0.15, 0.2) is 18.5 Å². The summed E-state index contributed by atoms with van der Waals surface area (Å²) in [7, 11) is 2.22. The summed E-state index contributed by atoms with van der Waals surface area (Å²) in [5, 5.41) is 0. The molecule has 1 spiro atoms. The van der Waals surface area contributed by atoms with Gasteiger partial charge in [-0.3, -0.25) is 9.80 Å². The predicted molar refractivity (Wildman–Crippen MR) is 104 cm³/mol. The Morgan fingerprint density at radius 2 is 2.11 bits per heavy atom. The Labute approximate surface area is 161 Å². The number of rotatable bonds is 4. The zero-order chi connectivity index (χ0) is 18.0. The van der Waals surface area contributed by atoms with E-state index in [0.29, 0.717) is 5.92 Å². The Bertz CT molecular complexity index is 782. The molecule has 5 nitrogen and oxygen atoms in total. The van der Waals surface area contributed by atoms with Crippen molar-refractivity contribution in [2.24, 2.45) is 5.92 Å². The first-order chi connectivity index (χ1) is 13.2. The largest absolute Gasteiger partial charge is 0.496 e. The van der Waals surface area contributed by atoms with Crippen molar-refractivity contribution in [3.63, 3.8) is 0 Å². The zero-order valence-electron chi connectivity index (χ0n) is 16.2. The maximum absolute atomic E-state index is 6.48. The molecule has 144 valence electrons. The van der Waals surface area contributed by atoms with E-state index in [1.165, 1.54) is 55.5 Å². The van der Waals surface area contributed by atoms with Crippen molar-refractivity contribution < 1.29 is 9.47 Å². The predicted octanol–water partition coefficient (Wildman–Crippen LogP) is 2.70. The average Bonchev–Trinajstić information content (AvgIpc) is 3.34. The van der Waals surface area contributed by atoms with Crippen LogP contribution in [-0.4, -0.2) is 65.8 Å². The summed E-state index contributed by atoms with van der Waals surface area (Å²) in [6.45, 7) is 4.58. The molecule has 1 aliphatic carbocycles. The van der Waals surface area contributed by atoms with Gasteiger partial charge >= 0.3 is 0 Å². The quantitative estimate of drug-likeness (QED) is 0.818. The van der Waals surface area contributed by atoms with Crippen molar-refractivity contribution in [2.75, 3.05) is 33.2 Å². The lowest BCUT2D eigenvalue weighted by atomic mass is 9.73. The van der Waals surface area contributed by atoms with Crippen molar-refractivity contribution in [1.29, 1.82) is 0 Å². The second-order valence-corrected chi connectivity index (χ2v) is 9.36. The normalized spacial score (nSPS) is 36.7. The van der Waals surface area contributed by atoms with Gasteiger partial charge in [0.25, 0.3) is 0 Å². The fourth-order valence-corrected chi connectivity index (χ4v) is 5.68. The first kappa shape index (κ1) is 16.4. The van der Waals surface area contributed by atoms with E-state index in [1.807, 2.05) is 12.5 Å². The topological polar surface area (TPSA) is 37.8 Å². The summed E-state index contributed by atoms with van der Waals surface area (Å²) < 4.78 is 12.5. The molecule has 2 atom stereocenters. The lowest BCUT2D eigenvalue weighted by molar-refractivity contribution is -0.0814. The van der Waals surface area contributed by atoms with Gasteiger partial charge in [-0.05, 0) is 63.0 Å². The van der Waals surface area contributed by atoms with E-state index in [9.17, 15) is 0 Å². The molecule has 0 radical (unpaired) electrons. The lowest BCUT2D eigenvalue weighted by Gasteiger charge is -2.50. The molecule has 7 rings (SSSR count). The number of hydrogen-bond donors (Lipinski definition) is 0. The molecule has 0 N–H and O–H groups in total. The number of nitrogens with zero attached hydrogens (tertiary/aromatic N) is 3. The fraction of sp³-hybridized carbons (Fsp3) is 0.682. The van der Waals surface area contributed by atoms with Crippen LogP contribution >= 0.6 is 0 Å². The van der Waals surface area contributed by atoms with Gasteiger partial charge in [0.05, 0.1) is 6.26 Å².